The zero-order valence-corrected chi connectivity index (χ0v) is 13.5. The third-order valence-corrected chi connectivity index (χ3v) is 3.82. The summed E-state index contributed by atoms with van der Waals surface area (Å²) in [6.45, 7) is 7.23. The van der Waals surface area contributed by atoms with Gasteiger partial charge in [-0.05, 0) is 29.5 Å². The van der Waals surface area contributed by atoms with Gasteiger partial charge in [0.25, 0.3) is 0 Å². The first-order chi connectivity index (χ1) is 8.85. The number of carbonyl (C=O) groups excluding carboxylic acids is 1. The Hall–Kier alpha value is -0.830. The predicted octanol–water partition coefficient (Wildman–Crippen LogP) is 4.32. The van der Waals surface area contributed by atoms with Gasteiger partial charge >= 0.3 is 0 Å². The Morgan fingerprint density at radius 1 is 1.37 bits per heavy atom. The van der Waals surface area contributed by atoms with Crippen molar-refractivity contribution in [2.45, 2.75) is 46.5 Å². The maximum Gasteiger partial charge on any atom is 0.137 e. The fourth-order valence-electron chi connectivity index (χ4n) is 2.29. The van der Waals surface area contributed by atoms with Crippen LogP contribution in [0.2, 0.25) is 0 Å². The van der Waals surface area contributed by atoms with Gasteiger partial charge in [0.15, 0.2) is 0 Å². The van der Waals surface area contributed by atoms with Crippen LogP contribution in [0.3, 0.4) is 0 Å². The summed E-state index contributed by atoms with van der Waals surface area (Å²) in [5, 5.41) is 0. The van der Waals surface area contributed by atoms with Crippen LogP contribution in [0.1, 0.15) is 44.7 Å². The van der Waals surface area contributed by atoms with Gasteiger partial charge in [-0.2, -0.15) is 0 Å². The molecule has 0 radical (unpaired) electrons. The lowest BCUT2D eigenvalue weighted by atomic mass is 9.88. The summed E-state index contributed by atoms with van der Waals surface area (Å²) < 4.78 is 6.70. The van der Waals surface area contributed by atoms with Crippen molar-refractivity contribution in [2.24, 2.45) is 5.41 Å². The monoisotopic (exact) mass is 324 g/mol. The van der Waals surface area contributed by atoms with Crippen molar-refractivity contribution in [3.63, 3.8) is 0 Å². The molecule has 0 bridgehead atoms. The molecule has 0 aromatic heterocycles. The van der Waals surface area contributed by atoms with Gasteiger partial charge in [-0.15, -0.1) is 0 Å². The summed E-state index contributed by atoms with van der Waals surface area (Å²) >= 11 is 3.51. The van der Waals surface area contributed by atoms with E-state index in [2.05, 4.69) is 42.8 Å². The SMILES string of the molecule is CC(C)(C)CCC(=O)Cc1cc(Br)cc2c1OCC2. The highest BCUT2D eigenvalue weighted by atomic mass is 79.9. The summed E-state index contributed by atoms with van der Waals surface area (Å²) in [5.74, 6) is 1.23. The van der Waals surface area contributed by atoms with Crippen molar-refractivity contribution in [1.82, 2.24) is 0 Å². The smallest absolute Gasteiger partial charge is 0.137 e. The molecule has 0 spiro atoms. The van der Waals surface area contributed by atoms with Crippen LogP contribution in [0.5, 0.6) is 5.75 Å². The summed E-state index contributed by atoms with van der Waals surface area (Å²) in [4.78, 5) is 12.1. The van der Waals surface area contributed by atoms with Crippen molar-refractivity contribution in [3.8, 4) is 5.75 Å². The van der Waals surface area contributed by atoms with Crippen LogP contribution in [0.4, 0.5) is 0 Å². The van der Waals surface area contributed by atoms with Gasteiger partial charge in [0, 0.05) is 29.3 Å². The molecule has 0 aliphatic carbocycles. The number of carbonyl (C=O) groups is 1. The van der Waals surface area contributed by atoms with E-state index in [1.165, 1.54) is 5.56 Å². The molecule has 3 heteroatoms. The first-order valence-corrected chi connectivity index (χ1v) is 7.60. The van der Waals surface area contributed by atoms with Crippen LogP contribution >= 0.6 is 15.9 Å². The van der Waals surface area contributed by atoms with Gasteiger partial charge in [-0.3, -0.25) is 4.79 Å². The highest BCUT2D eigenvalue weighted by molar-refractivity contribution is 9.10. The van der Waals surface area contributed by atoms with Crippen LogP contribution in [0.25, 0.3) is 0 Å². The van der Waals surface area contributed by atoms with E-state index in [0.29, 0.717) is 18.6 Å². The van der Waals surface area contributed by atoms with E-state index in [9.17, 15) is 4.79 Å². The van der Waals surface area contributed by atoms with E-state index >= 15 is 0 Å². The first-order valence-electron chi connectivity index (χ1n) is 6.81. The fraction of sp³-hybridized carbons (Fsp3) is 0.562. The molecule has 2 rings (SSSR count). The predicted molar refractivity (Wildman–Crippen MR) is 80.7 cm³/mol. The van der Waals surface area contributed by atoms with Gasteiger partial charge < -0.3 is 4.74 Å². The summed E-state index contributed by atoms with van der Waals surface area (Å²) in [5.41, 5.74) is 2.46. The molecule has 0 saturated heterocycles. The molecule has 1 heterocycles. The fourth-order valence-corrected chi connectivity index (χ4v) is 2.85. The lowest BCUT2D eigenvalue weighted by Gasteiger charge is -2.17. The quantitative estimate of drug-likeness (QED) is 0.824. The number of halogens is 1. The van der Waals surface area contributed by atoms with Gasteiger partial charge in [0.2, 0.25) is 0 Å². The Bertz CT molecular complexity index is 486. The average Bonchev–Trinajstić information content (AvgIpc) is 2.73. The number of ketones is 1. The van der Waals surface area contributed by atoms with E-state index in [-0.39, 0.29) is 5.41 Å². The number of hydrogen-bond acceptors (Lipinski definition) is 2. The molecule has 1 aromatic carbocycles. The summed E-state index contributed by atoms with van der Waals surface area (Å²) in [6.07, 6.45) is 3.00. The van der Waals surface area contributed by atoms with Crippen LogP contribution in [0, 0.1) is 5.41 Å². The maximum atomic E-state index is 12.1. The zero-order valence-electron chi connectivity index (χ0n) is 11.9. The maximum absolute atomic E-state index is 12.1. The minimum atomic E-state index is 0.214. The molecule has 19 heavy (non-hydrogen) atoms. The number of benzene rings is 1. The lowest BCUT2D eigenvalue weighted by molar-refractivity contribution is -0.118. The number of ether oxygens (including phenoxy) is 1. The van der Waals surface area contributed by atoms with E-state index in [1.807, 2.05) is 6.07 Å². The van der Waals surface area contributed by atoms with E-state index in [0.717, 1.165) is 35.2 Å². The Morgan fingerprint density at radius 3 is 2.79 bits per heavy atom. The molecule has 0 amide bonds. The molecule has 0 fully saturated rings. The molecule has 1 aromatic rings. The third kappa shape index (κ3) is 4.07. The molecule has 0 saturated carbocycles. The summed E-state index contributed by atoms with van der Waals surface area (Å²) in [7, 11) is 0. The second kappa shape index (κ2) is 5.66. The van der Waals surface area contributed by atoms with E-state index in [4.69, 9.17) is 4.74 Å². The highest BCUT2D eigenvalue weighted by Crippen LogP contribution is 2.33. The second-order valence-electron chi connectivity index (χ2n) is 6.43. The molecule has 0 N–H and O–H groups in total. The van der Waals surface area contributed by atoms with Gasteiger partial charge in [0.1, 0.15) is 11.5 Å². The van der Waals surface area contributed by atoms with Crippen molar-refractivity contribution in [2.75, 3.05) is 6.61 Å². The molecule has 104 valence electrons. The standard InChI is InChI=1S/C16H21BrO2/c1-16(2,3)6-4-14(18)10-12-9-13(17)8-11-5-7-19-15(11)12/h8-9H,4-7,10H2,1-3H3. The lowest BCUT2D eigenvalue weighted by Crippen LogP contribution is -2.11. The van der Waals surface area contributed by atoms with Gasteiger partial charge in [-0.1, -0.05) is 36.7 Å². The van der Waals surface area contributed by atoms with Crippen molar-refractivity contribution >= 4 is 21.7 Å². The van der Waals surface area contributed by atoms with E-state index in [1.54, 1.807) is 0 Å². The molecular formula is C16H21BrO2. The zero-order chi connectivity index (χ0) is 14.0. The van der Waals surface area contributed by atoms with Crippen molar-refractivity contribution in [3.05, 3.63) is 27.7 Å². The van der Waals surface area contributed by atoms with Gasteiger partial charge in [-0.25, -0.2) is 0 Å². The Kier molecular flexibility index (Phi) is 4.34. The third-order valence-electron chi connectivity index (χ3n) is 3.37. The van der Waals surface area contributed by atoms with Crippen molar-refractivity contribution < 1.29 is 9.53 Å². The van der Waals surface area contributed by atoms with Gasteiger partial charge in [0.05, 0.1) is 6.61 Å². The number of fused-ring (bicyclic) bond motifs is 1. The first kappa shape index (κ1) is 14.6. The minimum Gasteiger partial charge on any atom is -0.493 e. The Morgan fingerprint density at radius 2 is 2.11 bits per heavy atom. The molecule has 0 atom stereocenters. The topological polar surface area (TPSA) is 26.3 Å². The van der Waals surface area contributed by atoms with E-state index < -0.39 is 0 Å². The Balaban J connectivity index is 2.05. The number of rotatable bonds is 4. The highest BCUT2D eigenvalue weighted by Gasteiger charge is 2.20. The average molecular weight is 325 g/mol. The van der Waals surface area contributed by atoms with Crippen LogP contribution < -0.4 is 4.74 Å². The largest absolute Gasteiger partial charge is 0.493 e. The minimum absolute atomic E-state index is 0.214. The van der Waals surface area contributed by atoms with Crippen LogP contribution in [0.15, 0.2) is 16.6 Å². The Labute approximate surface area is 123 Å². The van der Waals surface area contributed by atoms with Crippen LogP contribution in [-0.2, 0) is 17.6 Å². The molecule has 1 aliphatic heterocycles. The molecule has 0 unspecified atom stereocenters. The van der Waals surface area contributed by atoms with Crippen LogP contribution in [-0.4, -0.2) is 12.4 Å². The summed E-state index contributed by atoms with van der Waals surface area (Å²) in [6, 6.07) is 4.10. The van der Waals surface area contributed by atoms with Crippen molar-refractivity contribution in [1.29, 1.82) is 0 Å². The normalized spacial score (nSPS) is 14.1. The second-order valence-corrected chi connectivity index (χ2v) is 7.34. The molecular weight excluding hydrogens is 304 g/mol. The number of hydrogen-bond donors (Lipinski definition) is 0. The molecule has 2 nitrogen and oxygen atoms in total. The molecule has 1 aliphatic rings. The number of Topliss-reactive ketones (excluding diaryl/α,β-unsaturated/α-hetero) is 1.